The standard InChI is InChI=1S/C18H21ClIN3O4S/c1-11-16(21-14-4-3-12(20)9-13(14)19)15(10-23(2)17(11)25)22-28(26,27)18(5-6-18)7-8-24/h3-4,9-10,21-22,24H,5-8H2,1-2H3. The van der Waals surface area contributed by atoms with Gasteiger partial charge in [0, 0.05) is 29.0 Å². The molecule has 1 saturated carbocycles. The highest BCUT2D eigenvalue weighted by atomic mass is 127. The van der Waals surface area contributed by atoms with Crippen LogP contribution in [0.1, 0.15) is 24.8 Å². The molecule has 1 aliphatic rings. The topological polar surface area (TPSA) is 100 Å². The minimum atomic E-state index is -3.74. The van der Waals surface area contributed by atoms with Gasteiger partial charge >= 0.3 is 0 Å². The van der Waals surface area contributed by atoms with Crippen molar-refractivity contribution in [2.75, 3.05) is 16.6 Å². The average Bonchev–Trinajstić information content (AvgIpc) is 3.40. The van der Waals surface area contributed by atoms with E-state index in [2.05, 4.69) is 32.6 Å². The number of aromatic nitrogens is 1. The SMILES string of the molecule is Cc1c(Nc2ccc(I)cc2Cl)c(NS(=O)(=O)C2(CCO)CC2)cn(C)c1=O. The number of benzene rings is 1. The van der Waals surface area contributed by atoms with Crippen LogP contribution in [0.5, 0.6) is 0 Å². The zero-order valence-corrected chi connectivity index (χ0v) is 19.2. The largest absolute Gasteiger partial charge is 0.396 e. The van der Waals surface area contributed by atoms with E-state index in [1.807, 2.05) is 6.07 Å². The van der Waals surface area contributed by atoms with Crippen LogP contribution in [0, 0.1) is 10.5 Å². The highest BCUT2D eigenvalue weighted by molar-refractivity contribution is 14.1. The Morgan fingerprint density at radius 3 is 2.57 bits per heavy atom. The number of aryl methyl sites for hydroxylation is 1. The molecule has 1 aliphatic carbocycles. The van der Waals surface area contributed by atoms with Gasteiger partial charge in [0.2, 0.25) is 10.0 Å². The lowest BCUT2D eigenvalue weighted by molar-refractivity contribution is 0.283. The third kappa shape index (κ3) is 4.03. The molecule has 0 spiro atoms. The van der Waals surface area contributed by atoms with Crippen LogP contribution in [0.15, 0.2) is 29.2 Å². The lowest BCUT2D eigenvalue weighted by atomic mass is 10.2. The highest BCUT2D eigenvalue weighted by Crippen LogP contribution is 2.47. The molecule has 1 heterocycles. The van der Waals surface area contributed by atoms with Crippen molar-refractivity contribution in [3.8, 4) is 0 Å². The fourth-order valence-electron chi connectivity index (χ4n) is 3.10. The number of nitrogens with zero attached hydrogens (tertiary/aromatic N) is 1. The fourth-order valence-corrected chi connectivity index (χ4v) is 5.67. The maximum Gasteiger partial charge on any atom is 0.255 e. The maximum absolute atomic E-state index is 12.9. The van der Waals surface area contributed by atoms with Gasteiger partial charge in [-0.2, -0.15) is 0 Å². The van der Waals surface area contributed by atoms with Crippen molar-refractivity contribution in [3.63, 3.8) is 0 Å². The average molecular weight is 538 g/mol. The molecular formula is C18H21ClIN3O4S. The monoisotopic (exact) mass is 537 g/mol. The lowest BCUT2D eigenvalue weighted by Gasteiger charge is -2.21. The summed E-state index contributed by atoms with van der Waals surface area (Å²) in [7, 11) is -2.18. The minimum absolute atomic E-state index is 0.179. The van der Waals surface area contributed by atoms with Crippen LogP contribution in [0.4, 0.5) is 17.1 Å². The number of halogens is 2. The van der Waals surface area contributed by atoms with E-state index in [0.29, 0.717) is 34.8 Å². The Balaban J connectivity index is 2.05. The quantitative estimate of drug-likeness (QED) is 0.471. The maximum atomic E-state index is 12.9. The first kappa shape index (κ1) is 21.4. The summed E-state index contributed by atoms with van der Waals surface area (Å²) in [6.07, 6.45) is 2.63. The molecule has 0 radical (unpaired) electrons. The van der Waals surface area contributed by atoms with Crippen LogP contribution >= 0.6 is 34.2 Å². The number of anilines is 3. The number of rotatable bonds is 7. The zero-order chi connectivity index (χ0) is 20.7. The number of sulfonamides is 1. The van der Waals surface area contributed by atoms with E-state index in [-0.39, 0.29) is 24.3 Å². The van der Waals surface area contributed by atoms with Crippen molar-refractivity contribution in [2.45, 2.75) is 30.9 Å². The number of aliphatic hydroxyl groups is 1. The smallest absolute Gasteiger partial charge is 0.255 e. The predicted molar refractivity (Wildman–Crippen MR) is 120 cm³/mol. The number of nitrogens with one attached hydrogen (secondary N) is 2. The Labute approximate surface area is 182 Å². The van der Waals surface area contributed by atoms with Gasteiger partial charge in [0.1, 0.15) is 0 Å². The van der Waals surface area contributed by atoms with E-state index in [0.717, 1.165) is 3.57 Å². The molecule has 28 heavy (non-hydrogen) atoms. The van der Waals surface area contributed by atoms with Gasteiger partial charge < -0.3 is 15.0 Å². The molecule has 1 aromatic carbocycles. The summed E-state index contributed by atoms with van der Waals surface area (Å²) >= 11 is 8.43. The molecule has 0 saturated heterocycles. The lowest BCUT2D eigenvalue weighted by Crippen LogP contribution is -2.32. The first-order valence-electron chi connectivity index (χ1n) is 8.66. The highest BCUT2D eigenvalue weighted by Gasteiger charge is 2.54. The van der Waals surface area contributed by atoms with Crippen LogP contribution in [-0.2, 0) is 17.1 Å². The molecule has 1 fully saturated rings. The first-order valence-corrected chi connectivity index (χ1v) is 11.6. The van der Waals surface area contributed by atoms with Crippen molar-refractivity contribution in [2.24, 2.45) is 7.05 Å². The third-order valence-corrected chi connectivity index (χ3v) is 8.21. The van der Waals surface area contributed by atoms with Crippen LogP contribution in [0.3, 0.4) is 0 Å². The van der Waals surface area contributed by atoms with Gasteiger partial charge in [0.15, 0.2) is 0 Å². The van der Waals surface area contributed by atoms with E-state index in [9.17, 15) is 18.3 Å². The second-order valence-corrected chi connectivity index (χ2v) is 10.7. The fraction of sp³-hybridized carbons (Fsp3) is 0.389. The Hall–Kier alpha value is -1.30. The van der Waals surface area contributed by atoms with Gasteiger partial charge in [-0.3, -0.25) is 9.52 Å². The van der Waals surface area contributed by atoms with E-state index < -0.39 is 14.8 Å². The van der Waals surface area contributed by atoms with Crippen LogP contribution in [0.2, 0.25) is 5.02 Å². The van der Waals surface area contributed by atoms with Gasteiger partial charge in [-0.15, -0.1) is 0 Å². The Kier molecular flexibility index (Phi) is 6.00. The molecule has 152 valence electrons. The Bertz CT molecular complexity index is 1080. The van der Waals surface area contributed by atoms with Crippen LogP contribution in [0.25, 0.3) is 0 Å². The molecule has 0 atom stereocenters. The van der Waals surface area contributed by atoms with Gasteiger partial charge in [-0.25, -0.2) is 8.42 Å². The molecule has 3 rings (SSSR count). The molecular weight excluding hydrogens is 517 g/mol. The Morgan fingerprint density at radius 1 is 1.32 bits per heavy atom. The number of hydrogen-bond acceptors (Lipinski definition) is 5. The normalized spacial score (nSPS) is 15.3. The summed E-state index contributed by atoms with van der Waals surface area (Å²) in [6, 6.07) is 5.40. The Morgan fingerprint density at radius 2 is 2.00 bits per heavy atom. The van der Waals surface area contributed by atoms with Crippen molar-refractivity contribution >= 4 is 61.3 Å². The molecule has 10 heteroatoms. The van der Waals surface area contributed by atoms with Crippen molar-refractivity contribution < 1.29 is 13.5 Å². The molecule has 2 aromatic rings. The molecule has 1 aromatic heterocycles. The molecule has 7 nitrogen and oxygen atoms in total. The summed E-state index contributed by atoms with van der Waals surface area (Å²) in [5.74, 6) is 0. The summed E-state index contributed by atoms with van der Waals surface area (Å²) in [5, 5.41) is 12.8. The molecule has 3 N–H and O–H groups in total. The molecule has 0 unspecified atom stereocenters. The van der Waals surface area contributed by atoms with E-state index in [1.165, 1.54) is 10.8 Å². The molecule has 0 aliphatic heterocycles. The second kappa shape index (κ2) is 7.85. The van der Waals surface area contributed by atoms with E-state index in [1.54, 1.807) is 26.1 Å². The van der Waals surface area contributed by atoms with Gasteiger partial charge in [0.25, 0.3) is 5.56 Å². The number of aliphatic hydroxyl groups excluding tert-OH is 1. The summed E-state index contributed by atoms with van der Waals surface area (Å²) < 4.78 is 29.8. The van der Waals surface area contributed by atoms with Crippen LogP contribution < -0.4 is 15.6 Å². The first-order chi connectivity index (χ1) is 13.1. The zero-order valence-electron chi connectivity index (χ0n) is 15.4. The molecule has 0 bridgehead atoms. The predicted octanol–water partition coefficient (Wildman–Crippen LogP) is 3.35. The van der Waals surface area contributed by atoms with Gasteiger partial charge in [0.05, 0.1) is 26.8 Å². The summed E-state index contributed by atoms with van der Waals surface area (Å²) in [5.41, 5.74) is 1.30. The van der Waals surface area contributed by atoms with Crippen LogP contribution in [-0.4, -0.2) is 29.4 Å². The summed E-state index contributed by atoms with van der Waals surface area (Å²) in [4.78, 5) is 12.4. The van der Waals surface area contributed by atoms with Gasteiger partial charge in [-0.1, -0.05) is 11.6 Å². The third-order valence-electron chi connectivity index (χ3n) is 4.99. The number of pyridine rings is 1. The van der Waals surface area contributed by atoms with Crippen molar-refractivity contribution in [3.05, 3.63) is 48.9 Å². The second-order valence-electron chi connectivity index (χ2n) is 6.97. The summed E-state index contributed by atoms with van der Waals surface area (Å²) in [6.45, 7) is 1.43. The minimum Gasteiger partial charge on any atom is -0.396 e. The van der Waals surface area contributed by atoms with Gasteiger partial charge in [-0.05, 0) is 67.0 Å². The number of hydrogen-bond donors (Lipinski definition) is 3. The van der Waals surface area contributed by atoms with E-state index >= 15 is 0 Å². The van der Waals surface area contributed by atoms with E-state index in [4.69, 9.17) is 11.6 Å². The van der Waals surface area contributed by atoms with Crippen molar-refractivity contribution in [1.82, 2.24) is 4.57 Å². The molecule has 0 amide bonds. The van der Waals surface area contributed by atoms with Crippen molar-refractivity contribution in [1.29, 1.82) is 0 Å².